The predicted octanol–water partition coefficient (Wildman–Crippen LogP) is 3.29. The smallest absolute Gasteiger partial charge is 0.160 e. The van der Waals surface area contributed by atoms with Crippen LogP contribution in [0.2, 0.25) is 0 Å². The van der Waals surface area contributed by atoms with Crippen LogP contribution in [0.25, 0.3) is 10.9 Å². The molecule has 4 heteroatoms. The van der Waals surface area contributed by atoms with Crippen molar-refractivity contribution in [3.63, 3.8) is 0 Å². The molecular weight excluding hydrogens is 278 g/mol. The maximum atomic E-state index is 11.9. The number of fused-ring (bicyclic) bond motifs is 1. The molecule has 3 rings (SSSR count). The molecular formula is C18H21NO3. The molecule has 0 amide bonds. The summed E-state index contributed by atoms with van der Waals surface area (Å²) in [6.45, 7) is 5.94. The zero-order chi connectivity index (χ0) is 15.9. The number of hydrogen-bond donors (Lipinski definition) is 1. The Morgan fingerprint density at radius 1 is 1.41 bits per heavy atom. The molecule has 0 aliphatic heterocycles. The van der Waals surface area contributed by atoms with E-state index in [0.717, 1.165) is 29.3 Å². The van der Waals surface area contributed by atoms with Gasteiger partial charge in [-0.15, -0.1) is 0 Å². The summed E-state index contributed by atoms with van der Waals surface area (Å²) in [5, 5.41) is 10.6. The second kappa shape index (κ2) is 5.36. The highest BCUT2D eigenvalue weighted by Crippen LogP contribution is 2.38. The van der Waals surface area contributed by atoms with Crippen LogP contribution in [0.3, 0.4) is 0 Å². The number of pyridine rings is 1. The molecule has 0 saturated heterocycles. The number of carbonyl (C=O) groups is 1. The minimum Gasteiger partial charge on any atom is -0.493 e. The molecule has 1 saturated carbocycles. The molecule has 4 nitrogen and oxygen atoms in total. The van der Waals surface area contributed by atoms with Crippen molar-refractivity contribution in [1.82, 2.24) is 4.98 Å². The molecule has 1 aromatic heterocycles. The van der Waals surface area contributed by atoms with E-state index in [1.165, 1.54) is 0 Å². The molecule has 0 unspecified atom stereocenters. The predicted molar refractivity (Wildman–Crippen MR) is 85.3 cm³/mol. The van der Waals surface area contributed by atoms with Crippen molar-refractivity contribution in [3.05, 3.63) is 35.5 Å². The van der Waals surface area contributed by atoms with Crippen LogP contribution >= 0.6 is 0 Å². The molecule has 1 aromatic carbocycles. The van der Waals surface area contributed by atoms with Crippen molar-refractivity contribution in [3.8, 4) is 5.75 Å². The van der Waals surface area contributed by atoms with Gasteiger partial charge in [-0.1, -0.05) is 6.07 Å². The second-order valence-electron chi connectivity index (χ2n) is 6.60. The van der Waals surface area contributed by atoms with Gasteiger partial charge >= 0.3 is 0 Å². The number of benzene rings is 1. The Hall–Kier alpha value is -1.94. The van der Waals surface area contributed by atoms with E-state index >= 15 is 0 Å². The molecule has 1 fully saturated rings. The van der Waals surface area contributed by atoms with Crippen LogP contribution in [0.1, 0.15) is 42.6 Å². The number of ketones is 1. The largest absolute Gasteiger partial charge is 0.493 e. The molecule has 116 valence electrons. The SMILES string of the molecule is CC(=O)c1ccnc2c(C)ccc(OCC3CC(C)(O)C3)c12. The Bertz CT molecular complexity index is 728. The number of aliphatic hydroxyl groups is 1. The molecule has 2 aromatic rings. The van der Waals surface area contributed by atoms with E-state index in [1.54, 1.807) is 19.2 Å². The monoisotopic (exact) mass is 299 g/mol. The number of aryl methyl sites for hydroxylation is 1. The van der Waals surface area contributed by atoms with E-state index in [-0.39, 0.29) is 5.78 Å². The molecule has 0 bridgehead atoms. The van der Waals surface area contributed by atoms with Crippen LogP contribution in [0.4, 0.5) is 0 Å². The van der Waals surface area contributed by atoms with Gasteiger partial charge in [0.15, 0.2) is 5.78 Å². The van der Waals surface area contributed by atoms with E-state index < -0.39 is 5.60 Å². The van der Waals surface area contributed by atoms with E-state index in [0.29, 0.717) is 23.8 Å². The van der Waals surface area contributed by atoms with Crippen molar-refractivity contribution in [1.29, 1.82) is 0 Å². The van der Waals surface area contributed by atoms with E-state index in [1.807, 2.05) is 26.0 Å². The lowest BCUT2D eigenvalue weighted by Crippen LogP contribution is -2.43. The first-order chi connectivity index (χ1) is 10.4. The van der Waals surface area contributed by atoms with Gasteiger partial charge in [-0.2, -0.15) is 0 Å². The summed E-state index contributed by atoms with van der Waals surface area (Å²) in [5.41, 5.74) is 1.93. The van der Waals surface area contributed by atoms with Crippen LogP contribution in [-0.2, 0) is 0 Å². The van der Waals surface area contributed by atoms with Crippen molar-refractivity contribution >= 4 is 16.7 Å². The summed E-state index contributed by atoms with van der Waals surface area (Å²) in [5.74, 6) is 1.07. The van der Waals surface area contributed by atoms with E-state index in [4.69, 9.17) is 4.74 Å². The third-order valence-electron chi connectivity index (χ3n) is 4.37. The van der Waals surface area contributed by atoms with Crippen LogP contribution in [-0.4, -0.2) is 28.1 Å². The Morgan fingerprint density at radius 3 is 2.77 bits per heavy atom. The first-order valence-corrected chi connectivity index (χ1v) is 7.62. The van der Waals surface area contributed by atoms with Gasteiger partial charge in [-0.05, 0) is 57.2 Å². The standard InChI is InChI=1S/C18H21NO3/c1-11-4-5-15(22-10-13-8-18(3,21)9-13)16-14(12(2)20)6-7-19-17(11)16/h4-7,13,21H,8-10H2,1-3H3. The Kier molecular flexibility index (Phi) is 3.65. The lowest BCUT2D eigenvalue weighted by atomic mass is 9.73. The number of Topliss-reactive ketones (excluding diaryl/α,β-unsaturated/α-hetero) is 1. The van der Waals surface area contributed by atoms with Gasteiger partial charge in [0.1, 0.15) is 5.75 Å². The Morgan fingerprint density at radius 2 is 2.14 bits per heavy atom. The summed E-state index contributed by atoms with van der Waals surface area (Å²) >= 11 is 0. The highest BCUT2D eigenvalue weighted by atomic mass is 16.5. The highest BCUT2D eigenvalue weighted by molar-refractivity contribution is 6.08. The fourth-order valence-electron chi connectivity index (χ4n) is 3.30. The normalized spacial score (nSPS) is 24.1. The summed E-state index contributed by atoms with van der Waals surface area (Å²) in [7, 11) is 0. The molecule has 0 spiro atoms. The molecule has 1 heterocycles. The fraction of sp³-hybridized carbons (Fsp3) is 0.444. The summed E-state index contributed by atoms with van der Waals surface area (Å²) in [6.07, 6.45) is 3.18. The zero-order valence-electron chi connectivity index (χ0n) is 13.2. The number of nitrogens with zero attached hydrogens (tertiary/aromatic N) is 1. The molecule has 1 aliphatic carbocycles. The van der Waals surface area contributed by atoms with Gasteiger partial charge in [-0.3, -0.25) is 9.78 Å². The first-order valence-electron chi connectivity index (χ1n) is 7.62. The quantitative estimate of drug-likeness (QED) is 0.880. The van der Waals surface area contributed by atoms with Crippen molar-refractivity contribution < 1.29 is 14.6 Å². The Balaban J connectivity index is 1.92. The maximum Gasteiger partial charge on any atom is 0.160 e. The molecule has 0 radical (unpaired) electrons. The maximum absolute atomic E-state index is 11.9. The van der Waals surface area contributed by atoms with Crippen LogP contribution in [0.15, 0.2) is 24.4 Å². The summed E-state index contributed by atoms with van der Waals surface area (Å²) in [6, 6.07) is 5.61. The topological polar surface area (TPSA) is 59.4 Å². The minimum atomic E-state index is -0.546. The van der Waals surface area contributed by atoms with Crippen molar-refractivity contribution in [2.45, 2.75) is 39.2 Å². The third kappa shape index (κ3) is 2.71. The van der Waals surface area contributed by atoms with Gasteiger partial charge in [-0.25, -0.2) is 0 Å². The number of hydrogen-bond acceptors (Lipinski definition) is 4. The van der Waals surface area contributed by atoms with E-state index in [9.17, 15) is 9.90 Å². The lowest BCUT2D eigenvalue weighted by Gasteiger charge is -2.40. The van der Waals surface area contributed by atoms with Gasteiger partial charge in [0.25, 0.3) is 0 Å². The molecule has 1 aliphatic rings. The Labute approximate surface area is 130 Å². The van der Waals surface area contributed by atoms with Gasteiger partial charge < -0.3 is 9.84 Å². The van der Waals surface area contributed by atoms with Gasteiger partial charge in [0.2, 0.25) is 0 Å². The summed E-state index contributed by atoms with van der Waals surface area (Å²) < 4.78 is 5.96. The van der Waals surface area contributed by atoms with Crippen LogP contribution in [0, 0.1) is 12.8 Å². The highest BCUT2D eigenvalue weighted by Gasteiger charge is 2.38. The van der Waals surface area contributed by atoms with Crippen molar-refractivity contribution in [2.75, 3.05) is 6.61 Å². The van der Waals surface area contributed by atoms with Crippen LogP contribution < -0.4 is 4.74 Å². The lowest BCUT2D eigenvalue weighted by molar-refractivity contribution is -0.0689. The number of rotatable bonds is 4. The average molecular weight is 299 g/mol. The number of carbonyl (C=O) groups excluding carboxylic acids is 1. The minimum absolute atomic E-state index is 0.00873. The van der Waals surface area contributed by atoms with Gasteiger partial charge in [0.05, 0.1) is 23.1 Å². The van der Waals surface area contributed by atoms with E-state index in [2.05, 4.69) is 4.98 Å². The summed E-state index contributed by atoms with van der Waals surface area (Å²) in [4.78, 5) is 16.3. The average Bonchev–Trinajstić information content (AvgIpc) is 2.44. The first kappa shape index (κ1) is 15.0. The van der Waals surface area contributed by atoms with Crippen LogP contribution in [0.5, 0.6) is 5.75 Å². The van der Waals surface area contributed by atoms with Gasteiger partial charge in [0, 0.05) is 11.8 Å². The second-order valence-corrected chi connectivity index (χ2v) is 6.60. The molecule has 22 heavy (non-hydrogen) atoms. The van der Waals surface area contributed by atoms with Crippen molar-refractivity contribution in [2.24, 2.45) is 5.92 Å². The molecule has 1 N–H and O–H groups in total. The molecule has 0 atom stereocenters. The number of aromatic nitrogens is 1. The number of ether oxygens (including phenoxy) is 1. The zero-order valence-corrected chi connectivity index (χ0v) is 13.2. The fourth-order valence-corrected chi connectivity index (χ4v) is 3.30. The third-order valence-corrected chi connectivity index (χ3v) is 4.37.